The van der Waals surface area contributed by atoms with Crippen LogP contribution >= 0.6 is 11.6 Å². The van der Waals surface area contributed by atoms with Crippen LogP contribution < -0.4 is 5.32 Å². The lowest BCUT2D eigenvalue weighted by Gasteiger charge is -2.04. The van der Waals surface area contributed by atoms with E-state index in [2.05, 4.69) is 15.5 Å². The van der Waals surface area contributed by atoms with E-state index in [9.17, 15) is 4.39 Å². The van der Waals surface area contributed by atoms with Gasteiger partial charge in [0.25, 0.3) is 0 Å². The first-order chi connectivity index (χ1) is 10.2. The van der Waals surface area contributed by atoms with Crippen LogP contribution in [0.1, 0.15) is 0 Å². The van der Waals surface area contributed by atoms with Crippen molar-refractivity contribution in [2.45, 2.75) is 0 Å². The van der Waals surface area contributed by atoms with Gasteiger partial charge in [-0.2, -0.15) is 5.10 Å². The molecule has 0 radical (unpaired) electrons. The molecule has 0 bridgehead atoms. The van der Waals surface area contributed by atoms with E-state index in [4.69, 9.17) is 16.0 Å². The van der Waals surface area contributed by atoms with Crippen LogP contribution in [0.2, 0.25) is 5.02 Å². The van der Waals surface area contributed by atoms with E-state index in [-0.39, 0.29) is 5.02 Å². The minimum absolute atomic E-state index is 0.0559. The first-order valence-electron chi connectivity index (χ1n) is 6.30. The summed E-state index contributed by atoms with van der Waals surface area (Å²) < 4.78 is 19.0. The Bertz CT molecular complexity index is 960. The number of anilines is 2. The van der Waals surface area contributed by atoms with Gasteiger partial charge in [0.05, 0.1) is 5.02 Å². The molecular formula is C15H9ClFN3O. The van der Waals surface area contributed by atoms with Gasteiger partial charge in [0.2, 0.25) is 0 Å². The topological polar surface area (TPSA) is 53.9 Å². The predicted molar refractivity (Wildman–Crippen MR) is 80.6 cm³/mol. The lowest BCUT2D eigenvalue weighted by atomic mass is 10.2. The zero-order valence-corrected chi connectivity index (χ0v) is 11.4. The number of benzene rings is 2. The number of hydrogen-bond acceptors (Lipinski definition) is 3. The summed E-state index contributed by atoms with van der Waals surface area (Å²) in [6.45, 7) is 0. The van der Waals surface area contributed by atoms with Crippen LogP contribution in [0.5, 0.6) is 0 Å². The SMILES string of the molecule is Fc1ccc(Nc2[nH]nc3c2oc2ccccc23)cc1Cl. The van der Waals surface area contributed by atoms with E-state index in [0.717, 1.165) is 16.5 Å². The minimum atomic E-state index is -0.458. The lowest BCUT2D eigenvalue weighted by Crippen LogP contribution is -1.91. The number of rotatable bonds is 2. The quantitative estimate of drug-likeness (QED) is 0.557. The molecule has 2 aromatic carbocycles. The van der Waals surface area contributed by atoms with Crippen LogP contribution in [-0.2, 0) is 0 Å². The summed E-state index contributed by atoms with van der Waals surface area (Å²) in [5.74, 6) is 0.143. The Morgan fingerprint density at radius 2 is 2.05 bits per heavy atom. The molecule has 0 aliphatic carbocycles. The molecule has 0 fully saturated rings. The predicted octanol–water partition coefficient (Wildman–Crippen LogP) is 4.85. The summed E-state index contributed by atoms with van der Waals surface area (Å²) in [6, 6.07) is 12.1. The number of furan rings is 1. The van der Waals surface area contributed by atoms with Crippen LogP contribution in [0, 0.1) is 5.82 Å². The number of fused-ring (bicyclic) bond motifs is 3. The van der Waals surface area contributed by atoms with Crippen molar-refractivity contribution in [3.63, 3.8) is 0 Å². The second-order valence-electron chi connectivity index (χ2n) is 4.63. The molecule has 104 valence electrons. The third-order valence-corrected chi connectivity index (χ3v) is 3.55. The zero-order valence-electron chi connectivity index (χ0n) is 10.7. The first-order valence-corrected chi connectivity index (χ1v) is 6.68. The molecule has 4 aromatic rings. The second kappa shape index (κ2) is 4.49. The Morgan fingerprint density at radius 3 is 2.90 bits per heavy atom. The molecule has 6 heteroatoms. The monoisotopic (exact) mass is 301 g/mol. The summed E-state index contributed by atoms with van der Waals surface area (Å²) in [6.07, 6.45) is 0. The molecule has 0 spiro atoms. The van der Waals surface area contributed by atoms with Crippen LogP contribution in [0.15, 0.2) is 46.9 Å². The largest absolute Gasteiger partial charge is 0.450 e. The number of H-pyrrole nitrogens is 1. The van der Waals surface area contributed by atoms with Gasteiger partial charge < -0.3 is 9.73 Å². The van der Waals surface area contributed by atoms with Crippen LogP contribution in [0.25, 0.3) is 22.1 Å². The highest BCUT2D eigenvalue weighted by Crippen LogP contribution is 2.33. The Morgan fingerprint density at radius 1 is 1.19 bits per heavy atom. The number of aromatic nitrogens is 2. The van der Waals surface area contributed by atoms with E-state index in [1.165, 1.54) is 12.1 Å². The van der Waals surface area contributed by atoms with E-state index in [1.54, 1.807) is 6.07 Å². The molecule has 0 atom stereocenters. The smallest absolute Gasteiger partial charge is 0.197 e. The maximum Gasteiger partial charge on any atom is 0.197 e. The molecule has 21 heavy (non-hydrogen) atoms. The van der Waals surface area contributed by atoms with Crippen LogP contribution in [0.4, 0.5) is 15.9 Å². The van der Waals surface area contributed by atoms with Gasteiger partial charge in [-0.15, -0.1) is 0 Å². The molecule has 0 saturated carbocycles. The van der Waals surface area contributed by atoms with Crippen molar-refractivity contribution in [2.75, 3.05) is 5.32 Å². The van der Waals surface area contributed by atoms with Gasteiger partial charge >= 0.3 is 0 Å². The molecule has 4 rings (SSSR count). The Hall–Kier alpha value is -2.53. The van der Waals surface area contributed by atoms with Gasteiger partial charge in [-0.3, -0.25) is 5.10 Å². The van der Waals surface area contributed by atoms with Crippen molar-refractivity contribution in [3.8, 4) is 0 Å². The molecular weight excluding hydrogens is 293 g/mol. The fraction of sp³-hybridized carbons (Fsp3) is 0. The molecule has 0 aliphatic rings. The zero-order chi connectivity index (χ0) is 14.4. The normalized spacial score (nSPS) is 11.3. The standard InChI is InChI=1S/C15H9ClFN3O/c16-10-7-8(5-6-11(10)17)18-15-14-13(19-20-15)9-3-1-2-4-12(9)21-14/h1-7H,(H2,18,19,20). The molecule has 2 heterocycles. The summed E-state index contributed by atoms with van der Waals surface area (Å²) in [4.78, 5) is 0. The van der Waals surface area contributed by atoms with Crippen LogP contribution in [-0.4, -0.2) is 10.2 Å². The van der Waals surface area contributed by atoms with Gasteiger partial charge in [0.1, 0.15) is 16.9 Å². The highest BCUT2D eigenvalue weighted by atomic mass is 35.5. The van der Waals surface area contributed by atoms with Gasteiger partial charge in [0, 0.05) is 11.1 Å². The number of aromatic amines is 1. The maximum absolute atomic E-state index is 13.2. The van der Waals surface area contributed by atoms with Crippen molar-refractivity contribution < 1.29 is 8.81 Å². The number of para-hydroxylation sites is 1. The molecule has 0 amide bonds. The van der Waals surface area contributed by atoms with Gasteiger partial charge in [-0.25, -0.2) is 4.39 Å². The highest BCUT2D eigenvalue weighted by molar-refractivity contribution is 6.31. The van der Waals surface area contributed by atoms with Crippen molar-refractivity contribution in [2.24, 2.45) is 0 Å². The number of halogens is 2. The summed E-state index contributed by atoms with van der Waals surface area (Å²) in [5, 5.41) is 11.2. The lowest BCUT2D eigenvalue weighted by molar-refractivity contribution is 0.628. The summed E-state index contributed by atoms with van der Waals surface area (Å²) in [7, 11) is 0. The highest BCUT2D eigenvalue weighted by Gasteiger charge is 2.14. The van der Waals surface area contributed by atoms with Crippen molar-refractivity contribution in [1.29, 1.82) is 0 Å². The molecule has 0 saturated heterocycles. The summed E-state index contributed by atoms with van der Waals surface area (Å²) >= 11 is 5.77. The molecule has 0 aliphatic heterocycles. The number of nitrogens with zero attached hydrogens (tertiary/aromatic N) is 1. The van der Waals surface area contributed by atoms with Crippen LogP contribution in [0.3, 0.4) is 0 Å². The Labute approximate surface area is 123 Å². The van der Waals surface area contributed by atoms with Crippen molar-refractivity contribution >= 4 is 45.2 Å². The van der Waals surface area contributed by atoms with Gasteiger partial charge in [0.15, 0.2) is 11.4 Å². The second-order valence-corrected chi connectivity index (χ2v) is 5.04. The Balaban J connectivity index is 1.81. The molecule has 2 N–H and O–H groups in total. The fourth-order valence-corrected chi connectivity index (χ4v) is 2.46. The van der Waals surface area contributed by atoms with Gasteiger partial charge in [-0.05, 0) is 30.3 Å². The Kier molecular flexibility index (Phi) is 2.62. The van der Waals surface area contributed by atoms with E-state index < -0.39 is 5.82 Å². The van der Waals surface area contributed by atoms with Gasteiger partial charge in [-0.1, -0.05) is 23.7 Å². The maximum atomic E-state index is 13.2. The molecule has 4 nitrogen and oxygen atoms in total. The average molecular weight is 302 g/mol. The van der Waals surface area contributed by atoms with Crippen molar-refractivity contribution in [1.82, 2.24) is 10.2 Å². The average Bonchev–Trinajstić information content (AvgIpc) is 3.03. The van der Waals surface area contributed by atoms with E-state index in [1.807, 2.05) is 24.3 Å². The minimum Gasteiger partial charge on any atom is -0.450 e. The van der Waals surface area contributed by atoms with E-state index in [0.29, 0.717) is 17.1 Å². The molecule has 0 unspecified atom stereocenters. The molecule has 2 aromatic heterocycles. The summed E-state index contributed by atoms with van der Waals surface area (Å²) in [5.41, 5.74) is 2.79. The van der Waals surface area contributed by atoms with E-state index >= 15 is 0 Å². The fourth-order valence-electron chi connectivity index (χ4n) is 2.28. The number of nitrogens with one attached hydrogen (secondary N) is 2. The third kappa shape index (κ3) is 1.94. The number of hydrogen-bond donors (Lipinski definition) is 2. The third-order valence-electron chi connectivity index (χ3n) is 3.26. The first kappa shape index (κ1) is 12.2. The van der Waals surface area contributed by atoms with Crippen molar-refractivity contribution in [3.05, 3.63) is 53.3 Å².